The van der Waals surface area contributed by atoms with E-state index in [4.69, 9.17) is 0 Å². The van der Waals surface area contributed by atoms with Crippen molar-refractivity contribution < 1.29 is 21.6 Å². The van der Waals surface area contributed by atoms with Crippen LogP contribution >= 0.6 is 0 Å². The van der Waals surface area contributed by atoms with Crippen molar-refractivity contribution in [2.75, 3.05) is 5.75 Å². The molecule has 0 saturated heterocycles. The van der Waals surface area contributed by atoms with Crippen molar-refractivity contribution in [3.63, 3.8) is 0 Å². The molecule has 7 nitrogen and oxygen atoms in total. The molecule has 2 aromatic heterocycles. The molecule has 1 aromatic carbocycles. The molecule has 0 aliphatic heterocycles. The minimum atomic E-state index is -4.74. The first-order valence-corrected chi connectivity index (χ1v) is 12.4. The number of sulfone groups is 1. The van der Waals surface area contributed by atoms with Gasteiger partial charge in [0.25, 0.3) is 5.56 Å². The number of aromatic nitrogens is 3. The highest BCUT2D eigenvalue weighted by Crippen LogP contribution is 2.40. The Hall–Kier alpha value is -3.13. The summed E-state index contributed by atoms with van der Waals surface area (Å²) in [6.07, 6.45) is -3.78. The number of halogens is 3. The fourth-order valence-corrected chi connectivity index (χ4v) is 5.14. The molecule has 34 heavy (non-hydrogen) atoms. The first-order chi connectivity index (χ1) is 15.7. The maximum Gasteiger partial charge on any atom is 0.431 e. The van der Waals surface area contributed by atoms with Gasteiger partial charge < -0.3 is 4.57 Å². The number of fused-ring (bicyclic) bond motifs is 1. The van der Waals surface area contributed by atoms with Gasteiger partial charge in [0.2, 0.25) is 0 Å². The Bertz CT molecular complexity index is 1520. The molecule has 1 fully saturated rings. The molecule has 0 bridgehead atoms. The van der Waals surface area contributed by atoms with Gasteiger partial charge in [-0.2, -0.15) is 18.4 Å². The molecule has 0 radical (unpaired) electrons. The van der Waals surface area contributed by atoms with E-state index in [1.807, 2.05) is 0 Å². The molecule has 1 saturated carbocycles. The highest BCUT2D eigenvalue weighted by atomic mass is 32.2. The highest BCUT2D eigenvalue weighted by Gasteiger charge is 2.40. The van der Waals surface area contributed by atoms with Crippen LogP contribution in [0.5, 0.6) is 0 Å². The first kappa shape index (κ1) is 24.0. The van der Waals surface area contributed by atoms with Crippen molar-refractivity contribution >= 4 is 20.9 Å². The van der Waals surface area contributed by atoms with E-state index in [-0.39, 0.29) is 33.1 Å². The zero-order valence-electron chi connectivity index (χ0n) is 19.1. The molecule has 0 spiro atoms. The Morgan fingerprint density at radius 2 is 1.85 bits per heavy atom. The molecule has 4 rings (SSSR count). The van der Waals surface area contributed by atoms with Gasteiger partial charge in [0.15, 0.2) is 9.84 Å². The average Bonchev–Trinajstić information content (AvgIpc) is 3.55. The molecule has 1 aliphatic carbocycles. The monoisotopic (exact) mass is 492 g/mol. The predicted octanol–water partition coefficient (Wildman–Crippen LogP) is 4.35. The van der Waals surface area contributed by atoms with Crippen molar-refractivity contribution in [2.24, 2.45) is 7.05 Å². The number of nitriles is 1. The van der Waals surface area contributed by atoms with Crippen molar-refractivity contribution in [1.82, 2.24) is 14.1 Å². The van der Waals surface area contributed by atoms with E-state index < -0.39 is 38.7 Å². The topological polar surface area (TPSA) is 97.8 Å². The quantitative estimate of drug-likeness (QED) is 0.528. The third kappa shape index (κ3) is 3.79. The summed E-state index contributed by atoms with van der Waals surface area (Å²) in [5.74, 6) is -0.172. The fraction of sp³-hybridized carbons (Fsp3) is 0.435. The normalized spacial score (nSPS) is 15.0. The molecule has 0 amide bonds. The lowest BCUT2D eigenvalue weighted by molar-refractivity contribution is -0.144. The minimum Gasteiger partial charge on any atom is -0.323 e. The van der Waals surface area contributed by atoms with Gasteiger partial charge in [0.1, 0.15) is 17.0 Å². The maximum atomic E-state index is 13.7. The standard InChI is InChI=1S/C23H23F3N4O3S/c1-5-34(32,33)17-10-13(22(2,3)12-27)6-9-15(17)20-28-16-11-18(23(24,25)26)30(14-7-8-14)21(31)19(16)29(20)4/h6,9-11,14H,5,7-8H2,1-4H3. The van der Waals surface area contributed by atoms with Crippen molar-refractivity contribution in [1.29, 1.82) is 5.26 Å². The van der Waals surface area contributed by atoms with Crippen LogP contribution in [0.3, 0.4) is 0 Å². The summed E-state index contributed by atoms with van der Waals surface area (Å²) in [4.78, 5) is 17.3. The zero-order valence-corrected chi connectivity index (χ0v) is 19.9. The number of rotatable bonds is 5. The average molecular weight is 493 g/mol. The van der Waals surface area contributed by atoms with Gasteiger partial charge in [-0.3, -0.25) is 9.36 Å². The van der Waals surface area contributed by atoms with E-state index in [2.05, 4.69) is 11.1 Å². The van der Waals surface area contributed by atoms with Crippen LogP contribution in [0.25, 0.3) is 22.4 Å². The molecule has 0 atom stereocenters. The number of alkyl halides is 3. The summed E-state index contributed by atoms with van der Waals surface area (Å²) in [6.45, 7) is 4.77. The number of benzene rings is 1. The lowest BCUT2D eigenvalue weighted by Gasteiger charge is -2.19. The third-order valence-corrected chi connectivity index (χ3v) is 7.99. The zero-order chi connectivity index (χ0) is 25.2. The van der Waals surface area contributed by atoms with Gasteiger partial charge in [-0.05, 0) is 50.5 Å². The van der Waals surface area contributed by atoms with E-state index in [0.717, 1.165) is 10.6 Å². The number of hydrogen-bond acceptors (Lipinski definition) is 5. The Morgan fingerprint density at radius 1 is 1.21 bits per heavy atom. The Kier molecular flexibility index (Phi) is 5.44. The first-order valence-electron chi connectivity index (χ1n) is 10.7. The number of nitrogens with zero attached hydrogens (tertiary/aromatic N) is 4. The molecule has 3 aromatic rings. The summed E-state index contributed by atoms with van der Waals surface area (Å²) in [5, 5.41) is 9.48. The lowest BCUT2D eigenvalue weighted by atomic mass is 9.86. The summed E-state index contributed by atoms with van der Waals surface area (Å²) < 4.78 is 69.2. The van der Waals surface area contributed by atoms with E-state index in [0.29, 0.717) is 18.4 Å². The van der Waals surface area contributed by atoms with E-state index >= 15 is 0 Å². The second-order valence-electron chi connectivity index (χ2n) is 9.01. The Labute approximate surface area is 194 Å². The van der Waals surface area contributed by atoms with E-state index in [1.54, 1.807) is 19.9 Å². The smallest absolute Gasteiger partial charge is 0.323 e. The van der Waals surface area contributed by atoms with Crippen LogP contribution in [0.15, 0.2) is 34.0 Å². The van der Waals surface area contributed by atoms with Crippen molar-refractivity contribution in [3.05, 3.63) is 45.9 Å². The number of imidazole rings is 1. The predicted molar refractivity (Wildman–Crippen MR) is 120 cm³/mol. The summed E-state index contributed by atoms with van der Waals surface area (Å²) >= 11 is 0. The second-order valence-corrected chi connectivity index (χ2v) is 11.3. The number of pyridine rings is 1. The number of hydrogen-bond donors (Lipinski definition) is 0. The highest BCUT2D eigenvalue weighted by molar-refractivity contribution is 7.91. The Balaban J connectivity index is 2.05. The van der Waals surface area contributed by atoms with Gasteiger partial charge in [-0.25, -0.2) is 13.4 Å². The third-order valence-electron chi connectivity index (χ3n) is 6.22. The molecule has 2 heterocycles. The lowest BCUT2D eigenvalue weighted by Crippen LogP contribution is -2.28. The molecule has 11 heteroatoms. The molecular weight excluding hydrogens is 469 g/mol. The minimum absolute atomic E-state index is 0.0313. The van der Waals surface area contributed by atoms with Gasteiger partial charge in [0, 0.05) is 18.7 Å². The van der Waals surface area contributed by atoms with Crippen LogP contribution < -0.4 is 5.56 Å². The number of aryl methyl sites for hydroxylation is 1. The SMILES string of the molecule is CCS(=O)(=O)c1cc(C(C)(C)C#N)ccc1-c1nc2cc(C(F)(F)F)n(C3CC3)c(=O)c2n1C. The van der Waals surface area contributed by atoms with Gasteiger partial charge >= 0.3 is 6.18 Å². The molecule has 0 unspecified atom stereocenters. The van der Waals surface area contributed by atoms with Crippen LogP contribution in [0.4, 0.5) is 13.2 Å². The van der Waals surface area contributed by atoms with Gasteiger partial charge in [0.05, 0.1) is 27.6 Å². The van der Waals surface area contributed by atoms with Crippen LogP contribution in [0, 0.1) is 11.3 Å². The van der Waals surface area contributed by atoms with Crippen LogP contribution in [0.1, 0.15) is 50.9 Å². The molecule has 1 aliphatic rings. The van der Waals surface area contributed by atoms with Crippen molar-refractivity contribution in [2.45, 2.75) is 56.1 Å². The van der Waals surface area contributed by atoms with Crippen molar-refractivity contribution in [3.8, 4) is 17.5 Å². The summed E-state index contributed by atoms with van der Waals surface area (Å²) in [7, 11) is -2.32. The molecule has 180 valence electrons. The maximum absolute atomic E-state index is 13.7. The van der Waals surface area contributed by atoms with E-state index in [1.165, 1.54) is 30.7 Å². The van der Waals surface area contributed by atoms with Crippen LogP contribution in [0.2, 0.25) is 0 Å². The fourth-order valence-electron chi connectivity index (χ4n) is 4.02. The largest absolute Gasteiger partial charge is 0.431 e. The molecular formula is C23H23F3N4O3S. The summed E-state index contributed by atoms with van der Waals surface area (Å²) in [6, 6.07) is 6.94. The van der Waals surface area contributed by atoms with Gasteiger partial charge in [-0.1, -0.05) is 13.0 Å². The van der Waals surface area contributed by atoms with Gasteiger partial charge in [-0.15, -0.1) is 0 Å². The second kappa shape index (κ2) is 7.70. The van der Waals surface area contributed by atoms with Crippen LogP contribution in [-0.2, 0) is 28.5 Å². The summed E-state index contributed by atoms with van der Waals surface area (Å²) in [5.41, 5.74) is -2.41. The molecule has 0 N–H and O–H groups in total. The van der Waals surface area contributed by atoms with Crippen LogP contribution in [-0.4, -0.2) is 28.3 Å². The Morgan fingerprint density at radius 3 is 2.38 bits per heavy atom. The van der Waals surface area contributed by atoms with E-state index in [9.17, 15) is 31.6 Å².